The van der Waals surface area contributed by atoms with Crippen molar-refractivity contribution in [1.29, 1.82) is 0 Å². The van der Waals surface area contributed by atoms with E-state index < -0.39 is 10.0 Å². The summed E-state index contributed by atoms with van der Waals surface area (Å²) in [5, 5.41) is 0.737. The summed E-state index contributed by atoms with van der Waals surface area (Å²) in [7, 11) is -3.87. The van der Waals surface area contributed by atoms with E-state index in [9.17, 15) is 13.2 Å². The number of furan rings is 1. The maximum atomic E-state index is 13.6. The van der Waals surface area contributed by atoms with E-state index in [1.165, 1.54) is 15.6 Å². The van der Waals surface area contributed by atoms with Gasteiger partial charge in [0.2, 0.25) is 10.0 Å². The number of halogens is 2. The van der Waals surface area contributed by atoms with Crippen LogP contribution in [0.3, 0.4) is 0 Å². The summed E-state index contributed by atoms with van der Waals surface area (Å²) in [4.78, 5) is 17.7. The molecule has 4 aromatic rings. The van der Waals surface area contributed by atoms with E-state index >= 15 is 0 Å². The molecule has 11 heteroatoms. The van der Waals surface area contributed by atoms with E-state index in [1.807, 2.05) is 6.92 Å². The molecule has 1 aliphatic heterocycles. The number of benzene rings is 2. The number of hydrogen-bond donors (Lipinski definition) is 0. The van der Waals surface area contributed by atoms with Crippen molar-refractivity contribution >= 4 is 50.6 Å². The first-order valence-corrected chi connectivity index (χ1v) is 14.1. The highest BCUT2D eigenvalue weighted by atomic mass is 35.5. The Morgan fingerprint density at radius 1 is 1.08 bits per heavy atom. The summed E-state index contributed by atoms with van der Waals surface area (Å²) in [5.74, 6) is 0.899. The van der Waals surface area contributed by atoms with Crippen LogP contribution in [0, 0.1) is 6.92 Å². The molecule has 0 N–H and O–H groups in total. The van der Waals surface area contributed by atoms with Gasteiger partial charge in [-0.15, -0.1) is 0 Å². The molecule has 36 heavy (non-hydrogen) atoms. The van der Waals surface area contributed by atoms with E-state index in [1.54, 1.807) is 65.2 Å². The van der Waals surface area contributed by atoms with Gasteiger partial charge >= 0.3 is 0 Å². The smallest absolute Gasteiger partial charge is 0.270 e. The Morgan fingerprint density at radius 3 is 2.58 bits per heavy atom. The van der Waals surface area contributed by atoms with E-state index in [-0.39, 0.29) is 23.5 Å². The van der Waals surface area contributed by atoms with Gasteiger partial charge in [-0.2, -0.15) is 4.31 Å². The lowest BCUT2D eigenvalue weighted by molar-refractivity contribution is 0.357. The minimum absolute atomic E-state index is 0.0143. The topological polar surface area (TPSA) is 84.9 Å². The molecule has 7 nitrogen and oxygen atoms in total. The molecule has 1 aliphatic rings. The number of fused-ring (bicyclic) bond motifs is 1. The minimum atomic E-state index is -3.87. The standard InChI is InChI=1S/C25H21Cl2N3O4S2/c1-16-2-7-20(8-3-16)36(32,33)29(14-17-4-9-21(26)22(27)12-17)15-19-6-5-18(34-19)13-23-24(31)30-11-10-28-25(30)35-23/h2-9,12-13H,10-11,14-15H2,1H3/b23-13-. The summed E-state index contributed by atoms with van der Waals surface area (Å²) in [5.41, 5.74) is 1.54. The van der Waals surface area contributed by atoms with Crippen molar-refractivity contribution in [2.75, 3.05) is 6.54 Å². The molecule has 0 radical (unpaired) electrons. The van der Waals surface area contributed by atoms with Crippen LogP contribution in [0.25, 0.3) is 6.08 Å². The average Bonchev–Trinajstić information content (AvgIpc) is 3.55. The molecule has 0 amide bonds. The monoisotopic (exact) mass is 561 g/mol. The summed E-state index contributed by atoms with van der Waals surface area (Å²) >= 11 is 13.5. The summed E-state index contributed by atoms with van der Waals surface area (Å²) in [6.45, 7) is 3.15. The third kappa shape index (κ3) is 5.07. The second kappa shape index (κ2) is 9.99. The highest BCUT2D eigenvalue weighted by Crippen LogP contribution is 2.26. The third-order valence-electron chi connectivity index (χ3n) is 5.75. The molecular formula is C25H21Cl2N3O4S2. The molecule has 0 fully saturated rings. The maximum Gasteiger partial charge on any atom is 0.270 e. The molecule has 0 bridgehead atoms. The zero-order valence-electron chi connectivity index (χ0n) is 19.1. The Bertz CT molecular complexity index is 1720. The maximum absolute atomic E-state index is 13.6. The Balaban J connectivity index is 1.48. The molecule has 5 rings (SSSR count). The SMILES string of the molecule is Cc1ccc(S(=O)(=O)N(Cc2ccc(Cl)c(Cl)c2)Cc2ccc(/C=c3\sc4n(c3=O)CCN=4)o2)cc1. The van der Waals surface area contributed by atoms with Gasteiger partial charge in [-0.25, -0.2) is 8.42 Å². The number of sulfonamides is 1. The van der Waals surface area contributed by atoms with Gasteiger partial charge in [0.05, 0.1) is 32.6 Å². The minimum Gasteiger partial charge on any atom is -0.460 e. The van der Waals surface area contributed by atoms with E-state index in [0.29, 0.717) is 49.6 Å². The van der Waals surface area contributed by atoms with Crippen LogP contribution in [0.1, 0.15) is 22.6 Å². The fourth-order valence-corrected chi connectivity index (χ4v) is 6.58. The van der Waals surface area contributed by atoms with Crippen molar-refractivity contribution in [2.45, 2.75) is 31.5 Å². The van der Waals surface area contributed by atoms with Gasteiger partial charge in [0.25, 0.3) is 5.56 Å². The summed E-state index contributed by atoms with van der Waals surface area (Å²) < 4.78 is 36.6. The van der Waals surface area contributed by atoms with Gasteiger partial charge in [0.15, 0.2) is 4.80 Å². The largest absolute Gasteiger partial charge is 0.460 e. The lowest BCUT2D eigenvalue weighted by Gasteiger charge is -2.22. The van der Waals surface area contributed by atoms with Crippen molar-refractivity contribution in [3.63, 3.8) is 0 Å². The third-order valence-corrected chi connectivity index (χ3v) is 9.34. The molecular weight excluding hydrogens is 541 g/mol. The van der Waals surface area contributed by atoms with Gasteiger partial charge in [-0.1, -0.05) is 58.3 Å². The van der Waals surface area contributed by atoms with E-state index in [2.05, 4.69) is 4.99 Å². The summed E-state index contributed by atoms with van der Waals surface area (Å²) in [6, 6.07) is 15.1. The number of thiazole rings is 1. The Kier molecular flexibility index (Phi) is 6.93. The van der Waals surface area contributed by atoms with Crippen LogP contribution in [0.15, 0.2) is 73.7 Å². The van der Waals surface area contributed by atoms with Crippen LogP contribution in [0.4, 0.5) is 0 Å². The lowest BCUT2D eigenvalue weighted by atomic mass is 10.2. The molecule has 0 saturated heterocycles. The van der Waals surface area contributed by atoms with Crippen molar-refractivity contribution in [3.05, 3.63) is 107 Å². The average molecular weight is 563 g/mol. The normalized spacial score (nSPS) is 13.8. The molecule has 0 aliphatic carbocycles. The first kappa shape index (κ1) is 25.0. The fraction of sp³-hybridized carbons (Fsp3) is 0.200. The second-order valence-corrected chi connectivity index (χ2v) is 12.1. The molecule has 186 valence electrons. The molecule has 2 aromatic heterocycles. The van der Waals surface area contributed by atoms with Crippen LogP contribution < -0.4 is 14.9 Å². The van der Waals surface area contributed by atoms with Crippen molar-refractivity contribution in [2.24, 2.45) is 4.99 Å². The van der Waals surface area contributed by atoms with Crippen molar-refractivity contribution in [3.8, 4) is 0 Å². The predicted octanol–water partition coefficient (Wildman–Crippen LogP) is 3.97. The van der Waals surface area contributed by atoms with E-state index in [4.69, 9.17) is 27.6 Å². The predicted molar refractivity (Wildman–Crippen MR) is 141 cm³/mol. The quantitative estimate of drug-likeness (QED) is 0.341. The lowest BCUT2D eigenvalue weighted by Crippen LogP contribution is -2.30. The molecule has 0 spiro atoms. The molecule has 0 saturated carbocycles. The Hall–Kier alpha value is -2.69. The van der Waals surface area contributed by atoms with Crippen molar-refractivity contribution in [1.82, 2.24) is 8.87 Å². The number of aromatic nitrogens is 1. The van der Waals surface area contributed by atoms with Crippen LogP contribution in [-0.4, -0.2) is 23.8 Å². The molecule has 2 aromatic carbocycles. The van der Waals surface area contributed by atoms with Crippen LogP contribution >= 0.6 is 34.5 Å². The Labute approximate surface area is 221 Å². The molecule has 0 unspecified atom stereocenters. The first-order chi connectivity index (χ1) is 17.2. The Morgan fingerprint density at radius 2 is 1.86 bits per heavy atom. The van der Waals surface area contributed by atoms with Crippen LogP contribution in [0.5, 0.6) is 0 Å². The van der Waals surface area contributed by atoms with Gasteiger partial charge in [-0.3, -0.25) is 14.4 Å². The number of hydrogen-bond acceptors (Lipinski definition) is 6. The van der Waals surface area contributed by atoms with E-state index in [0.717, 1.165) is 5.56 Å². The van der Waals surface area contributed by atoms with Gasteiger partial charge < -0.3 is 4.42 Å². The number of nitrogens with zero attached hydrogens (tertiary/aromatic N) is 3. The van der Waals surface area contributed by atoms with Gasteiger partial charge in [-0.05, 0) is 48.9 Å². The number of aryl methyl sites for hydroxylation is 1. The zero-order valence-corrected chi connectivity index (χ0v) is 22.3. The molecule has 0 atom stereocenters. The van der Waals surface area contributed by atoms with Gasteiger partial charge in [0, 0.05) is 19.2 Å². The zero-order chi connectivity index (χ0) is 25.4. The highest BCUT2D eigenvalue weighted by molar-refractivity contribution is 7.89. The highest BCUT2D eigenvalue weighted by Gasteiger charge is 2.26. The fourth-order valence-electron chi connectivity index (χ4n) is 3.86. The van der Waals surface area contributed by atoms with Crippen molar-refractivity contribution < 1.29 is 12.8 Å². The second-order valence-electron chi connectivity index (χ2n) is 8.37. The first-order valence-electron chi connectivity index (χ1n) is 11.1. The summed E-state index contributed by atoms with van der Waals surface area (Å²) in [6.07, 6.45) is 1.66. The number of rotatable bonds is 7. The molecule has 3 heterocycles. The van der Waals surface area contributed by atoms with Crippen LogP contribution in [0.2, 0.25) is 10.0 Å². The van der Waals surface area contributed by atoms with Crippen LogP contribution in [-0.2, 0) is 29.7 Å². The van der Waals surface area contributed by atoms with Gasteiger partial charge in [0.1, 0.15) is 11.5 Å².